The summed E-state index contributed by atoms with van der Waals surface area (Å²) in [6.45, 7) is 12.0. The molecule has 260 valence electrons. The number of carbonyl (C=O) groups is 3. The summed E-state index contributed by atoms with van der Waals surface area (Å²) < 4.78 is 12.0. The van der Waals surface area contributed by atoms with Crippen LogP contribution in [0.3, 0.4) is 0 Å². The fourth-order valence-electron chi connectivity index (χ4n) is 5.92. The summed E-state index contributed by atoms with van der Waals surface area (Å²) in [6, 6.07) is 8.20. The van der Waals surface area contributed by atoms with E-state index in [2.05, 4.69) is 26.1 Å². The van der Waals surface area contributed by atoms with Gasteiger partial charge in [-0.2, -0.15) is 5.10 Å². The zero-order valence-electron chi connectivity index (χ0n) is 28.6. The topological polar surface area (TPSA) is 137 Å². The van der Waals surface area contributed by atoms with Crippen LogP contribution in [0.5, 0.6) is 0 Å². The van der Waals surface area contributed by atoms with Crippen LogP contribution in [-0.2, 0) is 25.6 Å². The molecule has 2 aliphatic rings. The van der Waals surface area contributed by atoms with Gasteiger partial charge in [0.2, 0.25) is 5.91 Å². The highest BCUT2D eigenvalue weighted by Crippen LogP contribution is 2.36. The van der Waals surface area contributed by atoms with Gasteiger partial charge in [-0.25, -0.2) is 14.8 Å². The summed E-state index contributed by atoms with van der Waals surface area (Å²) in [5, 5.41) is 8.26. The summed E-state index contributed by atoms with van der Waals surface area (Å²) in [5.74, 6) is 1.47. The molecule has 6 rings (SSSR count). The fraction of sp³-hybridized carbons (Fsp3) is 0.486. The van der Waals surface area contributed by atoms with Crippen LogP contribution >= 0.6 is 11.3 Å². The van der Waals surface area contributed by atoms with Crippen molar-refractivity contribution in [1.29, 1.82) is 0 Å². The number of aromatic amines is 1. The van der Waals surface area contributed by atoms with E-state index < -0.39 is 11.7 Å². The molecular formula is C35H44N8O5S. The van der Waals surface area contributed by atoms with Crippen LogP contribution < -0.4 is 4.90 Å². The molecule has 13 nitrogen and oxygen atoms in total. The SMILES string of the molecule is CN(CC=CC(=O)CCC(=O)N1CCN(Cc2cc3nc(-c4cccc5[nH]ncc45)nc(N4CCOCC4)c3s2)CC1)C(=O)OC(C)(C)C. The minimum Gasteiger partial charge on any atom is -0.444 e. The number of ether oxygens (including phenoxy) is 2. The van der Waals surface area contributed by atoms with Crippen molar-refractivity contribution in [3.63, 3.8) is 0 Å². The van der Waals surface area contributed by atoms with Crippen LogP contribution in [0, 0.1) is 0 Å². The van der Waals surface area contributed by atoms with E-state index in [9.17, 15) is 14.4 Å². The molecule has 4 aromatic rings. The van der Waals surface area contributed by atoms with Gasteiger partial charge in [-0.1, -0.05) is 18.2 Å². The Balaban J connectivity index is 1.04. The highest BCUT2D eigenvalue weighted by atomic mass is 32.1. The van der Waals surface area contributed by atoms with E-state index in [1.165, 1.54) is 15.9 Å². The number of H-pyrrole nitrogens is 1. The number of carbonyl (C=O) groups excluding carboxylic acids is 3. The average molecular weight is 689 g/mol. The van der Waals surface area contributed by atoms with Gasteiger partial charge in [0.15, 0.2) is 17.4 Å². The van der Waals surface area contributed by atoms with Gasteiger partial charge in [0.05, 0.1) is 35.1 Å². The number of rotatable bonds is 10. The van der Waals surface area contributed by atoms with Crippen molar-refractivity contribution in [2.24, 2.45) is 0 Å². The van der Waals surface area contributed by atoms with E-state index in [1.807, 2.05) is 29.3 Å². The Morgan fingerprint density at radius 2 is 1.84 bits per heavy atom. The number of likely N-dealkylation sites (N-methyl/N-ethyl adjacent to an activating group) is 1. The smallest absolute Gasteiger partial charge is 0.410 e. The van der Waals surface area contributed by atoms with E-state index in [1.54, 1.807) is 45.2 Å². The number of hydrogen-bond donors (Lipinski definition) is 1. The molecule has 14 heteroatoms. The first-order valence-electron chi connectivity index (χ1n) is 16.7. The maximum atomic E-state index is 12.9. The summed E-state index contributed by atoms with van der Waals surface area (Å²) in [7, 11) is 1.62. The lowest BCUT2D eigenvalue weighted by Crippen LogP contribution is -2.48. The molecule has 0 atom stereocenters. The number of fused-ring (bicyclic) bond motifs is 2. The molecule has 0 aliphatic carbocycles. The summed E-state index contributed by atoms with van der Waals surface area (Å²) in [5.41, 5.74) is 2.23. The first-order chi connectivity index (χ1) is 23.5. The molecule has 2 amide bonds. The van der Waals surface area contributed by atoms with Crippen molar-refractivity contribution in [3.8, 4) is 11.4 Å². The number of hydrogen-bond acceptors (Lipinski definition) is 11. The van der Waals surface area contributed by atoms with Gasteiger partial charge in [0.1, 0.15) is 5.60 Å². The van der Waals surface area contributed by atoms with E-state index in [0.717, 1.165) is 65.2 Å². The number of benzene rings is 1. The van der Waals surface area contributed by atoms with Crippen LogP contribution in [0.25, 0.3) is 32.5 Å². The van der Waals surface area contributed by atoms with Crippen LogP contribution in [-0.4, -0.2) is 124 Å². The van der Waals surface area contributed by atoms with Crippen molar-refractivity contribution in [3.05, 3.63) is 47.5 Å². The van der Waals surface area contributed by atoms with Crippen molar-refractivity contribution in [2.75, 3.05) is 71.0 Å². The van der Waals surface area contributed by atoms with Gasteiger partial charge < -0.3 is 24.2 Å². The van der Waals surface area contributed by atoms with Crippen molar-refractivity contribution >= 4 is 56.1 Å². The summed E-state index contributed by atoms with van der Waals surface area (Å²) in [6.07, 6.45) is 4.73. The Kier molecular flexibility index (Phi) is 10.6. The molecule has 0 radical (unpaired) electrons. The molecule has 1 N–H and O–H groups in total. The first-order valence-corrected chi connectivity index (χ1v) is 17.5. The Labute approximate surface area is 289 Å². The number of amides is 2. The molecule has 49 heavy (non-hydrogen) atoms. The predicted octanol–water partition coefficient (Wildman–Crippen LogP) is 4.49. The van der Waals surface area contributed by atoms with Crippen molar-refractivity contribution in [1.82, 2.24) is 34.9 Å². The molecule has 1 aromatic carbocycles. The Bertz CT molecular complexity index is 1830. The third kappa shape index (κ3) is 8.61. The summed E-state index contributed by atoms with van der Waals surface area (Å²) in [4.78, 5) is 56.6. The quantitative estimate of drug-likeness (QED) is 0.238. The Hall–Kier alpha value is -4.40. The lowest BCUT2D eigenvalue weighted by atomic mass is 10.1. The van der Waals surface area contributed by atoms with E-state index in [-0.39, 0.29) is 31.1 Å². The minimum absolute atomic E-state index is 0.0141. The van der Waals surface area contributed by atoms with Gasteiger partial charge >= 0.3 is 6.09 Å². The zero-order chi connectivity index (χ0) is 34.5. The number of ketones is 1. The van der Waals surface area contributed by atoms with E-state index >= 15 is 0 Å². The van der Waals surface area contributed by atoms with Gasteiger partial charge in [-0.15, -0.1) is 11.3 Å². The number of thiophene rings is 1. The molecule has 0 unspecified atom stereocenters. The number of nitrogens with one attached hydrogen (secondary N) is 1. The van der Waals surface area contributed by atoms with Crippen LogP contribution in [0.1, 0.15) is 38.5 Å². The second kappa shape index (κ2) is 15.0. The Morgan fingerprint density at radius 3 is 2.59 bits per heavy atom. The van der Waals surface area contributed by atoms with Crippen molar-refractivity contribution in [2.45, 2.75) is 45.8 Å². The molecular weight excluding hydrogens is 645 g/mol. The highest BCUT2D eigenvalue weighted by molar-refractivity contribution is 7.19. The third-order valence-electron chi connectivity index (χ3n) is 8.52. The monoisotopic (exact) mass is 688 g/mol. The molecule has 0 bridgehead atoms. The second-order valence-electron chi connectivity index (χ2n) is 13.4. The third-order valence-corrected chi connectivity index (χ3v) is 9.62. The number of allylic oxidation sites excluding steroid dienone is 1. The lowest BCUT2D eigenvalue weighted by molar-refractivity contribution is -0.134. The number of anilines is 1. The van der Waals surface area contributed by atoms with E-state index in [4.69, 9.17) is 19.4 Å². The normalized spacial score (nSPS) is 16.2. The first kappa shape index (κ1) is 34.5. The van der Waals surface area contributed by atoms with Gasteiger partial charge in [0.25, 0.3) is 0 Å². The number of morpholine rings is 1. The zero-order valence-corrected chi connectivity index (χ0v) is 29.4. The van der Waals surface area contributed by atoms with Gasteiger partial charge in [0, 0.05) is 88.1 Å². The number of aromatic nitrogens is 4. The fourth-order valence-corrected chi connectivity index (χ4v) is 7.07. The molecule has 0 saturated carbocycles. The number of piperazine rings is 1. The molecule has 2 saturated heterocycles. The van der Waals surface area contributed by atoms with Crippen LogP contribution in [0.4, 0.5) is 10.6 Å². The van der Waals surface area contributed by atoms with Crippen molar-refractivity contribution < 1.29 is 23.9 Å². The average Bonchev–Trinajstić information content (AvgIpc) is 3.73. The van der Waals surface area contributed by atoms with Crippen LogP contribution in [0.2, 0.25) is 0 Å². The molecule has 2 fully saturated rings. The highest BCUT2D eigenvalue weighted by Gasteiger charge is 2.25. The molecule has 0 spiro atoms. The molecule has 2 aliphatic heterocycles. The van der Waals surface area contributed by atoms with Gasteiger partial charge in [-0.05, 0) is 39.0 Å². The molecule has 5 heterocycles. The minimum atomic E-state index is -0.583. The lowest BCUT2D eigenvalue weighted by Gasteiger charge is -2.34. The Morgan fingerprint density at radius 1 is 1.06 bits per heavy atom. The van der Waals surface area contributed by atoms with E-state index in [0.29, 0.717) is 32.1 Å². The summed E-state index contributed by atoms with van der Waals surface area (Å²) >= 11 is 1.73. The largest absolute Gasteiger partial charge is 0.444 e. The number of nitrogens with zero attached hydrogens (tertiary/aromatic N) is 7. The molecule has 3 aromatic heterocycles. The standard InChI is InChI=1S/C35H44N8O5S/c1-35(2,3)48-34(46)40(4)12-6-7-24(44)10-11-30(45)42-15-13-41(14-16-42)23-25-21-29-31(49-25)33(43-17-19-47-20-18-43)38-32(37-29)26-8-5-9-28-27(26)22-36-39-28/h5-9,21-22H,10-20,23H2,1-4H3,(H,36,39). The maximum absolute atomic E-state index is 12.9. The maximum Gasteiger partial charge on any atom is 0.410 e. The second-order valence-corrected chi connectivity index (χ2v) is 14.6. The predicted molar refractivity (Wildman–Crippen MR) is 190 cm³/mol. The van der Waals surface area contributed by atoms with Crippen LogP contribution in [0.15, 0.2) is 42.6 Å². The van der Waals surface area contributed by atoms with Gasteiger partial charge in [-0.3, -0.25) is 19.6 Å².